The lowest BCUT2D eigenvalue weighted by atomic mass is 10.1. The molecular weight excluding hydrogens is 275 g/mol. The molecule has 1 unspecified atom stereocenters. The van der Waals surface area contributed by atoms with Gasteiger partial charge >= 0.3 is 6.18 Å². The second-order valence-corrected chi connectivity index (χ2v) is 5.26. The minimum atomic E-state index is -4.30. The van der Waals surface area contributed by atoms with Gasteiger partial charge in [0.2, 0.25) is 0 Å². The highest BCUT2D eigenvalue weighted by Gasteiger charge is 2.27. The zero-order valence-electron chi connectivity index (χ0n) is 10.1. The van der Waals surface area contributed by atoms with E-state index in [9.17, 15) is 13.2 Å². The highest BCUT2D eigenvalue weighted by molar-refractivity contribution is 7.17. The van der Waals surface area contributed by atoms with Crippen molar-refractivity contribution in [2.24, 2.45) is 5.73 Å². The van der Waals surface area contributed by atoms with Crippen molar-refractivity contribution in [2.75, 3.05) is 13.2 Å². The third-order valence-corrected chi connectivity index (χ3v) is 3.65. The molecule has 0 saturated heterocycles. The lowest BCUT2D eigenvalue weighted by Crippen LogP contribution is -2.31. The summed E-state index contributed by atoms with van der Waals surface area (Å²) in [7, 11) is 0. The molecule has 0 spiro atoms. The first-order valence-electron chi connectivity index (χ1n) is 5.81. The van der Waals surface area contributed by atoms with Gasteiger partial charge in [0.25, 0.3) is 0 Å². The fourth-order valence-corrected chi connectivity index (χ4v) is 2.83. The smallest absolute Gasteiger partial charge is 0.370 e. The van der Waals surface area contributed by atoms with Crippen LogP contribution in [0.2, 0.25) is 0 Å². The van der Waals surface area contributed by atoms with Crippen LogP contribution in [0, 0.1) is 0 Å². The molecule has 0 fully saturated rings. The molecule has 2 nitrogen and oxygen atoms in total. The largest absolute Gasteiger partial charge is 0.411 e. The fraction of sp³-hybridized carbons (Fsp3) is 0.385. The number of hydrogen-bond donors (Lipinski definition) is 1. The molecule has 1 heterocycles. The van der Waals surface area contributed by atoms with Gasteiger partial charge in [0, 0.05) is 10.7 Å². The molecule has 2 rings (SSSR count). The number of nitrogens with two attached hydrogens (primary N) is 1. The molecule has 2 aromatic rings. The van der Waals surface area contributed by atoms with Gasteiger partial charge in [-0.05, 0) is 28.8 Å². The van der Waals surface area contributed by atoms with Crippen LogP contribution in [0.15, 0.2) is 29.6 Å². The summed E-state index contributed by atoms with van der Waals surface area (Å²) in [6, 6.07) is 7.46. The number of fused-ring (bicyclic) bond motifs is 1. The summed E-state index contributed by atoms with van der Waals surface area (Å²) >= 11 is 1.61. The minimum Gasteiger partial charge on any atom is -0.370 e. The average Bonchev–Trinajstić information content (AvgIpc) is 2.71. The van der Waals surface area contributed by atoms with Gasteiger partial charge in [-0.1, -0.05) is 18.2 Å². The van der Waals surface area contributed by atoms with E-state index in [1.807, 2.05) is 29.6 Å². The van der Waals surface area contributed by atoms with E-state index in [1.165, 1.54) is 0 Å². The van der Waals surface area contributed by atoms with Crippen LogP contribution >= 0.6 is 11.3 Å². The van der Waals surface area contributed by atoms with Crippen LogP contribution in [-0.4, -0.2) is 25.4 Å². The van der Waals surface area contributed by atoms with Gasteiger partial charge in [0.05, 0.1) is 6.61 Å². The average molecular weight is 289 g/mol. The number of hydrogen-bond acceptors (Lipinski definition) is 3. The summed E-state index contributed by atoms with van der Waals surface area (Å²) in [5.74, 6) is 0. The van der Waals surface area contributed by atoms with Crippen molar-refractivity contribution in [3.63, 3.8) is 0 Å². The monoisotopic (exact) mass is 289 g/mol. The molecule has 2 N–H and O–H groups in total. The van der Waals surface area contributed by atoms with Crippen LogP contribution in [0.1, 0.15) is 5.56 Å². The SMILES string of the molecule is NC(COCC(F)(F)F)Cc1csc2ccccc12. The highest BCUT2D eigenvalue weighted by Crippen LogP contribution is 2.26. The molecule has 0 saturated carbocycles. The zero-order valence-corrected chi connectivity index (χ0v) is 10.9. The van der Waals surface area contributed by atoms with Gasteiger partial charge < -0.3 is 10.5 Å². The molecule has 6 heteroatoms. The molecule has 1 aromatic heterocycles. The van der Waals surface area contributed by atoms with Gasteiger partial charge in [-0.25, -0.2) is 0 Å². The van der Waals surface area contributed by atoms with Crippen LogP contribution in [-0.2, 0) is 11.2 Å². The number of alkyl halides is 3. The molecule has 1 aromatic carbocycles. The molecular formula is C13H14F3NOS. The summed E-state index contributed by atoms with van der Waals surface area (Å²) in [5.41, 5.74) is 6.86. The quantitative estimate of drug-likeness (QED) is 0.916. The number of rotatable bonds is 5. The first-order valence-corrected chi connectivity index (χ1v) is 6.69. The summed E-state index contributed by atoms with van der Waals surface area (Å²) in [5, 5.41) is 3.10. The normalized spacial score (nSPS) is 13.9. The number of thiophene rings is 1. The Morgan fingerprint density at radius 2 is 2.00 bits per heavy atom. The van der Waals surface area contributed by atoms with Crippen molar-refractivity contribution in [1.29, 1.82) is 0 Å². The van der Waals surface area contributed by atoms with E-state index in [2.05, 4.69) is 4.74 Å². The van der Waals surface area contributed by atoms with Crippen molar-refractivity contribution in [3.8, 4) is 0 Å². The minimum absolute atomic E-state index is 0.0936. The maximum absolute atomic E-state index is 11.9. The van der Waals surface area contributed by atoms with Crippen LogP contribution in [0.4, 0.5) is 13.2 Å². The van der Waals surface area contributed by atoms with Crippen molar-refractivity contribution < 1.29 is 17.9 Å². The second kappa shape index (κ2) is 5.90. The number of benzene rings is 1. The maximum Gasteiger partial charge on any atom is 0.411 e. The Labute approximate surface area is 113 Å². The highest BCUT2D eigenvalue weighted by atomic mass is 32.1. The lowest BCUT2D eigenvalue weighted by molar-refractivity contribution is -0.174. The summed E-state index contributed by atoms with van der Waals surface area (Å²) in [4.78, 5) is 0. The topological polar surface area (TPSA) is 35.2 Å². The maximum atomic E-state index is 11.9. The molecule has 104 valence electrons. The molecule has 0 radical (unpaired) electrons. The van der Waals surface area contributed by atoms with Gasteiger partial charge in [-0.3, -0.25) is 0 Å². The summed E-state index contributed by atoms with van der Waals surface area (Å²) in [6.07, 6.45) is -3.78. The lowest BCUT2D eigenvalue weighted by Gasteiger charge is -2.13. The van der Waals surface area contributed by atoms with E-state index >= 15 is 0 Å². The summed E-state index contributed by atoms with van der Waals surface area (Å²) < 4.78 is 41.5. The second-order valence-electron chi connectivity index (χ2n) is 4.35. The summed E-state index contributed by atoms with van der Waals surface area (Å²) in [6.45, 7) is -1.34. The van der Waals surface area contributed by atoms with Crippen molar-refractivity contribution in [3.05, 3.63) is 35.2 Å². The van der Waals surface area contributed by atoms with Crippen LogP contribution in [0.5, 0.6) is 0 Å². The third-order valence-electron chi connectivity index (χ3n) is 2.64. The van der Waals surface area contributed by atoms with Gasteiger partial charge in [0.15, 0.2) is 0 Å². The van der Waals surface area contributed by atoms with Gasteiger partial charge in [-0.15, -0.1) is 11.3 Å². The zero-order chi connectivity index (χ0) is 13.9. The van der Waals surface area contributed by atoms with E-state index in [0.717, 1.165) is 15.6 Å². The van der Waals surface area contributed by atoms with Crippen LogP contribution < -0.4 is 5.73 Å². The predicted molar refractivity (Wildman–Crippen MR) is 70.4 cm³/mol. The molecule has 19 heavy (non-hydrogen) atoms. The number of halogens is 3. The van der Waals surface area contributed by atoms with E-state index in [1.54, 1.807) is 11.3 Å². The van der Waals surface area contributed by atoms with Gasteiger partial charge in [-0.2, -0.15) is 13.2 Å². The molecule has 0 amide bonds. The Hall–Kier alpha value is -1.11. The fourth-order valence-electron chi connectivity index (χ4n) is 1.86. The van der Waals surface area contributed by atoms with Crippen LogP contribution in [0.25, 0.3) is 10.1 Å². The Morgan fingerprint density at radius 1 is 1.26 bits per heavy atom. The standard InChI is InChI=1S/C13H14F3NOS/c14-13(15,16)8-18-6-10(17)5-9-7-19-12-4-2-1-3-11(9)12/h1-4,7,10H,5-6,8,17H2. The number of ether oxygens (including phenoxy) is 1. The Balaban J connectivity index is 1.90. The Bertz CT molecular complexity index is 538. The first-order chi connectivity index (χ1) is 8.96. The van der Waals surface area contributed by atoms with Crippen LogP contribution in [0.3, 0.4) is 0 Å². The molecule has 0 aliphatic rings. The predicted octanol–water partition coefficient (Wildman–Crippen LogP) is 3.35. The van der Waals surface area contributed by atoms with E-state index in [-0.39, 0.29) is 6.61 Å². The molecule has 0 bridgehead atoms. The van der Waals surface area contributed by atoms with Crippen molar-refractivity contribution in [2.45, 2.75) is 18.6 Å². The Kier molecular flexibility index (Phi) is 4.44. The third kappa shape index (κ3) is 4.19. The van der Waals surface area contributed by atoms with Gasteiger partial charge in [0.1, 0.15) is 6.61 Å². The van der Waals surface area contributed by atoms with Crippen molar-refractivity contribution >= 4 is 21.4 Å². The molecule has 1 atom stereocenters. The van der Waals surface area contributed by atoms with E-state index < -0.39 is 18.8 Å². The molecule has 0 aliphatic carbocycles. The Morgan fingerprint density at radius 3 is 2.74 bits per heavy atom. The van der Waals surface area contributed by atoms with E-state index in [4.69, 9.17) is 5.73 Å². The van der Waals surface area contributed by atoms with E-state index in [0.29, 0.717) is 6.42 Å². The first kappa shape index (κ1) is 14.3. The molecule has 0 aliphatic heterocycles. The van der Waals surface area contributed by atoms with Crippen molar-refractivity contribution in [1.82, 2.24) is 0 Å².